The van der Waals surface area contributed by atoms with Crippen molar-refractivity contribution in [1.29, 1.82) is 5.26 Å². The standard InChI is InChI=1S/C16H22N2O2/c1-12(2)14-4-6-15(7-5-14)20-9-8-16(19)18-11-13(3)10-17/h4-7,12-13H,8-9,11H2,1-3H3,(H,18,19). The number of hydrogen-bond donors (Lipinski definition) is 1. The Labute approximate surface area is 120 Å². The van der Waals surface area contributed by atoms with Crippen LogP contribution in [0.25, 0.3) is 0 Å². The van der Waals surface area contributed by atoms with E-state index in [1.807, 2.05) is 24.3 Å². The van der Waals surface area contributed by atoms with E-state index in [4.69, 9.17) is 10.00 Å². The van der Waals surface area contributed by atoms with Gasteiger partial charge in [-0.15, -0.1) is 0 Å². The number of carbonyl (C=O) groups is 1. The lowest BCUT2D eigenvalue weighted by Crippen LogP contribution is -2.28. The summed E-state index contributed by atoms with van der Waals surface area (Å²) in [5, 5.41) is 11.3. The smallest absolute Gasteiger partial charge is 0.223 e. The third-order valence-electron chi connectivity index (χ3n) is 2.97. The second-order valence-electron chi connectivity index (χ2n) is 5.16. The summed E-state index contributed by atoms with van der Waals surface area (Å²) < 4.78 is 5.52. The first kappa shape index (κ1) is 16.0. The highest BCUT2D eigenvalue weighted by Gasteiger charge is 2.05. The number of hydrogen-bond acceptors (Lipinski definition) is 3. The first-order valence-corrected chi connectivity index (χ1v) is 6.92. The van der Waals surface area contributed by atoms with Gasteiger partial charge in [-0.3, -0.25) is 4.79 Å². The van der Waals surface area contributed by atoms with Crippen LogP contribution in [0.3, 0.4) is 0 Å². The van der Waals surface area contributed by atoms with Crippen LogP contribution in [0.5, 0.6) is 5.75 Å². The fourth-order valence-electron chi connectivity index (χ4n) is 1.61. The van der Waals surface area contributed by atoms with Gasteiger partial charge in [-0.1, -0.05) is 26.0 Å². The second kappa shape index (κ2) is 8.21. The predicted molar refractivity (Wildman–Crippen MR) is 78.4 cm³/mol. The summed E-state index contributed by atoms with van der Waals surface area (Å²) >= 11 is 0. The zero-order chi connectivity index (χ0) is 15.0. The third kappa shape index (κ3) is 5.75. The molecule has 0 bridgehead atoms. The van der Waals surface area contributed by atoms with Crippen molar-refractivity contribution in [2.45, 2.75) is 33.1 Å². The van der Waals surface area contributed by atoms with Crippen LogP contribution in [-0.4, -0.2) is 19.1 Å². The van der Waals surface area contributed by atoms with Crippen molar-refractivity contribution in [2.24, 2.45) is 5.92 Å². The van der Waals surface area contributed by atoms with Gasteiger partial charge in [0.05, 0.1) is 25.0 Å². The van der Waals surface area contributed by atoms with E-state index >= 15 is 0 Å². The Morgan fingerprint density at radius 1 is 1.30 bits per heavy atom. The van der Waals surface area contributed by atoms with Gasteiger partial charge in [0, 0.05) is 6.54 Å². The van der Waals surface area contributed by atoms with Gasteiger partial charge in [-0.25, -0.2) is 0 Å². The SMILES string of the molecule is CC(C#N)CNC(=O)CCOc1ccc(C(C)C)cc1. The maximum absolute atomic E-state index is 11.5. The molecule has 0 fully saturated rings. The summed E-state index contributed by atoms with van der Waals surface area (Å²) in [7, 11) is 0. The number of carbonyl (C=O) groups excluding carboxylic acids is 1. The minimum atomic E-state index is -0.163. The van der Waals surface area contributed by atoms with E-state index in [1.54, 1.807) is 6.92 Å². The molecule has 1 aromatic carbocycles. The molecule has 1 amide bonds. The minimum Gasteiger partial charge on any atom is -0.493 e. The summed E-state index contributed by atoms with van der Waals surface area (Å²) in [6.07, 6.45) is 0.296. The molecular weight excluding hydrogens is 252 g/mol. The highest BCUT2D eigenvalue weighted by atomic mass is 16.5. The fraction of sp³-hybridized carbons (Fsp3) is 0.500. The third-order valence-corrected chi connectivity index (χ3v) is 2.97. The first-order valence-electron chi connectivity index (χ1n) is 6.92. The number of ether oxygens (including phenoxy) is 1. The average Bonchev–Trinajstić information content (AvgIpc) is 2.45. The normalized spacial score (nSPS) is 11.8. The number of rotatable bonds is 7. The van der Waals surface area contributed by atoms with Crippen LogP contribution in [0.1, 0.15) is 38.7 Å². The molecule has 0 saturated carbocycles. The maximum atomic E-state index is 11.5. The van der Waals surface area contributed by atoms with Crippen molar-refractivity contribution in [3.63, 3.8) is 0 Å². The van der Waals surface area contributed by atoms with Crippen molar-refractivity contribution in [1.82, 2.24) is 5.32 Å². The molecule has 0 aliphatic carbocycles. The molecule has 0 radical (unpaired) electrons. The van der Waals surface area contributed by atoms with Gasteiger partial charge in [0.2, 0.25) is 5.91 Å². The maximum Gasteiger partial charge on any atom is 0.223 e. The van der Waals surface area contributed by atoms with Crippen molar-refractivity contribution >= 4 is 5.91 Å². The van der Waals surface area contributed by atoms with Crippen LogP contribution in [0.15, 0.2) is 24.3 Å². The topological polar surface area (TPSA) is 62.1 Å². The molecule has 1 rings (SSSR count). The van der Waals surface area contributed by atoms with Gasteiger partial charge in [0.15, 0.2) is 0 Å². The Kier molecular flexibility index (Phi) is 6.58. The molecule has 1 aromatic rings. The van der Waals surface area contributed by atoms with Gasteiger partial charge >= 0.3 is 0 Å². The van der Waals surface area contributed by atoms with E-state index in [0.29, 0.717) is 25.5 Å². The molecule has 0 aromatic heterocycles. The number of nitrogens with one attached hydrogen (secondary N) is 1. The molecule has 108 valence electrons. The molecule has 0 spiro atoms. The van der Waals surface area contributed by atoms with Crippen LogP contribution in [0, 0.1) is 17.2 Å². The average molecular weight is 274 g/mol. The van der Waals surface area contributed by atoms with E-state index in [9.17, 15) is 4.79 Å². The second-order valence-corrected chi connectivity index (χ2v) is 5.16. The lowest BCUT2D eigenvalue weighted by molar-refractivity contribution is -0.121. The van der Waals surface area contributed by atoms with Crippen molar-refractivity contribution < 1.29 is 9.53 Å². The van der Waals surface area contributed by atoms with E-state index in [-0.39, 0.29) is 11.8 Å². The summed E-state index contributed by atoms with van der Waals surface area (Å²) in [5.41, 5.74) is 1.26. The molecule has 0 aliphatic heterocycles. The van der Waals surface area contributed by atoms with Gasteiger partial charge < -0.3 is 10.1 Å². The van der Waals surface area contributed by atoms with Gasteiger partial charge in [0.25, 0.3) is 0 Å². The van der Waals surface area contributed by atoms with E-state index in [2.05, 4.69) is 25.2 Å². The molecule has 4 nitrogen and oxygen atoms in total. The number of nitrogens with zero attached hydrogens (tertiary/aromatic N) is 1. The summed E-state index contributed by atoms with van der Waals surface area (Å²) in [6.45, 7) is 6.78. The number of benzene rings is 1. The fourth-order valence-corrected chi connectivity index (χ4v) is 1.61. The van der Waals surface area contributed by atoms with Gasteiger partial charge in [0.1, 0.15) is 5.75 Å². The molecule has 4 heteroatoms. The van der Waals surface area contributed by atoms with Crippen LogP contribution in [0.4, 0.5) is 0 Å². The van der Waals surface area contributed by atoms with Crippen molar-refractivity contribution in [3.05, 3.63) is 29.8 Å². The molecule has 0 aliphatic rings. The molecular formula is C16H22N2O2. The van der Waals surface area contributed by atoms with E-state index in [0.717, 1.165) is 5.75 Å². The van der Waals surface area contributed by atoms with Gasteiger partial charge in [-0.05, 0) is 30.5 Å². The molecule has 1 N–H and O–H groups in total. The Hall–Kier alpha value is -2.02. The van der Waals surface area contributed by atoms with Crippen molar-refractivity contribution in [3.8, 4) is 11.8 Å². The molecule has 0 saturated heterocycles. The first-order chi connectivity index (χ1) is 9.52. The molecule has 20 heavy (non-hydrogen) atoms. The Bertz CT molecular complexity index is 460. The Morgan fingerprint density at radius 2 is 1.95 bits per heavy atom. The lowest BCUT2D eigenvalue weighted by Gasteiger charge is -2.09. The van der Waals surface area contributed by atoms with Crippen molar-refractivity contribution in [2.75, 3.05) is 13.2 Å². The van der Waals surface area contributed by atoms with E-state index in [1.165, 1.54) is 5.56 Å². The monoisotopic (exact) mass is 274 g/mol. The molecule has 1 unspecified atom stereocenters. The minimum absolute atomic E-state index is 0.0918. The zero-order valence-electron chi connectivity index (χ0n) is 12.3. The molecule has 0 heterocycles. The van der Waals surface area contributed by atoms with Crippen LogP contribution < -0.4 is 10.1 Å². The summed E-state index contributed by atoms with van der Waals surface area (Å²) in [6, 6.07) is 9.99. The predicted octanol–water partition coefficient (Wildman–Crippen LogP) is 2.85. The summed E-state index contributed by atoms with van der Waals surface area (Å²) in [4.78, 5) is 11.5. The highest BCUT2D eigenvalue weighted by molar-refractivity contribution is 5.76. The van der Waals surface area contributed by atoms with Crippen LogP contribution in [-0.2, 0) is 4.79 Å². The Balaban J connectivity index is 2.27. The number of amides is 1. The van der Waals surface area contributed by atoms with E-state index < -0.39 is 0 Å². The van der Waals surface area contributed by atoms with Gasteiger partial charge in [-0.2, -0.15) is 5.26 Å². The summed E-state index contributed by atoms with van der Waals surface area (Å²) in [5.74, 6) is 1.01. The Morgan fingerprint density at radius 3 is 2.50 bits per heavy atom. The zero-order valence-corrected chi connectivity index (χ0v) is 12.3. The molecule has 1 atom stereocenters. The van der Waals surface area contributed by atoms with Crippen LogP contribution in [0.2, 0.25) is 0 Å². The highest BCUT2D eigenvalue weighted by Crippen LogP contribution is 2.18. The van der Waals surface area contributed by atoms with Crippen LogP contribution >= 0.6 is 0 Å². The quantitative estimate of drug-likeness (QED) is 0.831. The number of nitriles is 1. The lowest BCUT2D eigenvalue weighted by atomic mass is 10.0. The largest absolute Gasteiger partial charge is 0.493 e.